The molecule has 7 nitrogen and oxygen atoms in total. The van der Waals surface area contributed by atoms with E-state index in [1.165, 1.54) is 4.90 Å². The lowest BCUT2D eigenvalue weighted by Crippen LogP contribution is -2.58. The maximum absolute atomic E-state index is 14.1. The molecule has 1 saturated carbocycles. The topological polar surface area (TPSA) is 93.7 Å². The molecule has 7 heteroatoms. The van der Waals surface area contributed by atoms with Gasteiger partial charge in [0.1, 0.15) is 12.1 Å². The molecular weight excluding hydrogens is 466 g/mol. The zero-order chi connectivity index (χ0) is 26.7. The number of nitrogens with one attached hydrogen (secondary N) is 1. The lowest BCUT2D eigenvalue weighted by molar-refractivity contribution is -0.155. The number of fused-ring (bicyclic) bond motifs is 1. The first-order chi connectivity index (χ1) is 17.7. The minimum absolute atomic E-state index is 0.167. The van der Waals surface area contributed by atoms with Crippen LogP contribution in [0.15, 0.2) is 48.7 Å². The van der Waals surface area contributed by atoms with Gasteiger partial charge in [-0.2, -0.15) is 0 Å². The van der Waals surface area contributed by atoms with E-state index in [9.17, 15) is 19.5 Å². The number of carbonyl (C=O) groups excluding carboxylic acids is 2. The highest BCUT2D eigenvalue weighted by molar-refractivity contribution is 5.98. The molecule has 196 valence electrons. The molecule has 0 spiro atoms. The number of aromatic nitrogens is 1. The van der Waals surface area contributed by atoms with Gasteiger partial charge in [-0.1, -0.05) is 54.7 Å². The van der Waals surface area contributed by atoms with Crippen molar-refractivity contribution in [3.8, 4) is 0 Å². The van der Waals surface area contributed by atoms with Crippen LogP contribution >= 0.6 is 0 Å². The highest BCUT2D eigenvalue weighted by Gasteiger charge is 2.39. The largest absolute Gasteiger partial charge is 0.480 e. The molecule has 0 saturated heterocycles. The van der Waals surface area contributed by atoms with E-state index < -0.39 is 18.1 Å². The Bertz CT molecular complexity index is 1270. The monoisotopic (exact) mass is 503 g/mol. The molecule has 1 aromatic heterocycles. The first-order valence-electron chi connectivity index (χ1n) is 13.1. The van der Waals surface area contributed by atoms with Crippen molar-refractivity contribution in [2.45, 2.75) is 77.4 Å². The summed E-state index contributed by atoms with van der Waals surface area (Å²) in [5.74, 6) is -1.60. The number of amides is 2. The Morgan fingerprint density at radius 2 is 1.68 bits per heavy atom. The third-order valence-corrected chi connectivity index (χ3v) is 7.66. The number of para-hydroxylation sites is 1. The van der Waals surface area contributed by atoms with Gasteiger partial charge in [-0.25, -0.2) is 4.79 Å². The molecule has 0 aliphatic heterocycles. The fourth-order valence-electron chi connectivity index (χ4n) is 5.62. The maximum atomic E-state index is 14.1. The lowest BCUT2D eigenvalue weighted by atomic mass is 9.91. The van der Waals surface area contributed by atoms with Crippen LogP contribution in [-0.2, 0) is 16.0 Å². The second-order valence-corrected chi connectivity index (χ2v) is 10.4. The Morgan fingerprint density at radius 1 is 1.03 bits per heavy atom. The number of hydrogen-bond acceptors (Lipinski definition) is 3. The van der Waals surface area contributed by atoms with Crippen LogP contribution in [-0.4, -0.2) is 62.8 Å². The highest BCUT2D eigenvalue weighted by Crippen LogP contribution is 2.29. The number of rotatable bonds is 8. The number of aryl methyl sites for hydroxylation is 2. The third kappa shape index (κ3) is 5.71. The zero-order valence-corrected chi connectivity index (χ0v) is 22.2. The number of benzene rings is 2. The summed E-state index contributed by atoms with van der Waals surface area (Å²) in [5.41, 5.74) is 4.28. The fourth-order valence-corrected chi connectivity index (χ4v) is 5.62. The standard InChI is InChI=1S/C30H37N3O4/c1-19-14-20(2)16-22(15-19)29(35)32(4)21(3)28(34)33(24-10-6-5-7-11-24)27(30(36)37)17-23-18-31-26-13-9-8-12-25(23)26/h8-9,12-16,18,21,24,27,31H,5-7,10-11,17H2,1-4H3,(H,36,37)/t21-,27-/m0/s1. The molecule has 0 bridgehead atoms. The number of likely N-dealkylation sites (N-methyl/N-ethyl adjacent to an activating group) is 1. The van der Waals surface area contributed by atoms with E-state index >= 15 is 0 Å². The Morgan fingerprint density at radius 3 is 2.32 bits per heavy atom. The summed E-state index contributed by atoms with van der Waals surface area (Å²) in [4.78, 5) is 46.3. The molecule has 2 aromatic carbocycles. The Hall–Kier alpha value is -3.61. The van der Waals surface area contributed by atoms with Crippen molar-refractivity contribution in [3.63, 3.8) is 0 Å². The minimum atomic E-state index is -1.03. The SMILES string of the molecule is Cc1cc(C)cc(C(=O)N(C)[C@@H](C)C(=O)N(C2CCCCC2)[C@@H](Cc2c[nH]c3ccccc23)C(=O)O)c1. The zero-order valence-electron chi connectivity index (χ0n) is 22.2. The first kappa shape index (κ1) is 26.5. The van der Waals surface area contributed by atoms with Gasteiger partial charge in [0, 0.05) is 42.2 Å². The first-order valence-corrected chi connectivity index (χ1v) is 13.1. The summed E-state index contributed by atoms with van der Waals surface area (Å²) in [5, 5.41) is 11.3. The van der Waals surface area contributed by atoms with Crippen LogP contribution in [0.1, 0.15) is 66.1 Å². The Labute approximate surface area is 218 Å². The van der Waals surface area contributed by atoms with Crippen LogP contribution in [0.5, 0.6) is 0 Å². The highest BCUT2D eigenvalue weighted by atomic mass is 16.4. The van der Waals surface area contributed by atoms with E-state index in [2.05, 4.69) is 4.98 Å². The van der Waals surface area contributed by atoms with Gasteiger partial charge >= 0.3 is 5.97 Å². The summed E-state index contributed by atoms with van der Waals surface area (Å²) >= 11 is 0. The number of carboxylic acid groups (broad SMARTS) is 1. The second-order valence-electron chi connectivity index (χ2n) is 10.4. The van der Waals surface area contributed by atoms with Crippen molar-refractivity contribution in [1.29, 1.82) is 0 Å². The summed E-state index contributed by atoms with van der Waals surface area (Å²) in [6.07, 6.45) is 6.57. The van der Waals surface area contributed by atoms with Crippen molar-refractivity contribution in [2.75, 3.05) is 7.05 Å². The molecule has 1 heterocycles. The van der Waals surface area contributed by atoms with E-state index in [0.29, 0.717) is 5.56 Å². The van der Waals surface area contributed by atoms with Crippen molar-refractivity contribution in [3.05, 3.63) is 70.9 Å². The van der Waals surface area contributed by atoms with Crippen molar-refractivity contribution in [2.24, 2.45) is 0 Å². The predicted molar refractivity (Wildman–Crippen MR) is 145 cm³/mol. The molecule has 3 aromatic rings. The Kier molecular flexibility index (Phi) is 8.00. The molecule has 37 heavy (non-hydrogen) atoms. The van der Waals surface area contributed by atoms with Crippen LogP contribution in [0.3, 0.4) is 0 Å². The number of nitrogens with zero attached hydrogens (tertiary/aromatic N) is 2. The molecule has 2 N–H and O–H groups in total. The summed E-state index contributed by atoms with van der Waals surface area (Å²) in [6, 6.07) is 11.4. The van der Waals surface area contributed by atoms with Crippen LogP contribution in [0.25, 0.3) is 10.9 Å². The molecule has 1 fully saturated rings. The molecule has 2 amide bonds. The quantitative estimate of drug-likeness (QED) is 0.447. The average molecular weight is 504 g/mol. The normalized spacial score (nSPS) is 15.8. The number of carboxylic acids is 1. The number of aliphatic carboxylic acids is 1. The van der Waals surface area contributed by atoms with Crippen LogP contribution in [0, 0.1) is 13.8 Å². The second kappa shape index (κ2) is 11.2. The van der Waals surface area contributed by atoms with Crippen molar-refractivity contribution in [1.82, 2.24) is 14.8 Å². The van der Waals surface area contributed by atoms with Crippen LogP contribution < -0.4 is 0 Å². The van der Waals surface area contributed by atoms with Gasteiger partial charge in [-0.05, 0) is 57.4 Å². The van der Waals surface area contributed by atoms with Gasteiger partial charge in [0.15, 0.2) is 0 Å². The van der Waals surface area contributed by atoms with E-state index in [4.69, 9.17) is 0 Å². The number of H-pyrrole nitrogens is 1. The smallest absolute Gasteiger partial charge is 0.326 e. The van der Waals surface area contributed by atoms with E-state index in [0.717, 1.165) is 59.7 Å². The Balaban J connectivity index is 1.65. The number of hydrogen-bond donors (Lipinski definition) is 2. The average Bonchev–Trinajstić information content (AvgIpc) is 3.29. The van der Waals surface area contributed by atoms with E-state index in [1.54, 1.807) is 18.9 Å². The van der Waals surface area contributed by atoms with Gasteiger partial charge in [0.05, 0.1) is 0 Å². The van der Waals surface area contributed by atoms with Gasteiger partial charge in [0.25, 0.3) is 5.91 Å². The van der Waals surface area contributed by atoms with Gasteiger partial charge in [0.2, 0.25) is 5.91 Å². The number of carbonyl (C=O) groups is 3. The molecular formula is C30H37N3O4. The molecule has 0 radical (unpaired) electrons. The lowest BCUT2D eigenvalue weighted by Gasteiger charge is -2.41. The van der Waals surface area contributed by atoms with Crippen LogP contribution in [0.2, 0.25) is 0 Å². The summed E-state index contributed by atoms with van der Waals surface area (Å²) in [6.45, 7) is 5.57. The minimum Gasteiger partial charge on any atom is -0.480 e. The third-order valence-electron chi connectivity index (χ3n) is 7.66. The molecule has 1 aliphatic carbocycles. The summed E-state index contributed by atoms with van der Waals surface area (Å²) in [7, 11) is 1.62. The molecule has 1 aliphatic rings. The molecule has 4 rings (SSSR count). The maximum Gasteiger partial charge on any atom is 0.326 e. The van der Waals surface area contributed by atoms with E-state index in [1.807, 2.05) is 62.5 Å². The van der Waals surface area contributed by atoms with E-state index in [-0.39, 0.29) is 24.3 Å². The van der Waals surface area contributed by atoms with Gasteiger partial charge in [-0.15, -0.1) is 0 Å². The van der Waals surface area contributed by atoms with Crippen molar-refractivity contribution < 1.29 is 19.5 Å². The molecule has 2 atom stereocenters. The van der Waals surface area contributed by atoms with Crippen LogP contribution in [0.4, 0.5) is 0 Å². The van der Waals surface area contributed by atoms with Crippen molar-refractivity contribution >= 4 is 28.7 Å². The fraction of sp³-hybridized carbons (Fsp3) is 0.433. The summed E-state index contributed by atoms with van der Waals surface area (Å²) < 4.78 is 0. The molecule has 0 unspecified atom stereocenters. The number of aromatic amines is 1. The van der Waals surface area contributed by atoms with Gasteiger partial charge < -0.3 is 19.9 Å². The predicted octanol–water partition coefficient (Wildman–Crippen LogP) is 5.10. The van der Waals surface area contributed by atoms with Gasteiger partial charge in [-0.3, -0.25) is 9.59 Å².